The van der Waals surface area contributed by atoms with Crippen LogP contribution in [0, 0.1) is 11.8 Å². The summed E-state index contributed by atoms with van der Waals surface area (Å²) in [4.78, 5) is 35.0. The summed E-state index contributed by atoms with van der Waals surface area (Å²) in [5, 5.41) is 5.42. The first-order valence-electron chi connectivity index (χ1n) is 6.94. The average molecular weight is 302 g/mol. The molecule has 2 unspecified atom stereocenters. The number of rotatable bonds is 6. The quantitative estimate of drug-likeness (QED) is 0.613. The normalized spacial score (nSPS) is 19.0. The first kappa shape index (κ1) is 15.8. The van der Waals surface area contributed by atoms with Crippen molar-refractivity contribution in [3.63, 3.8) is 0 Å². The second kappa shape index (κ2) is 6.89. The fraction of sp³-hybridized carbons (Fsp3) is 0.312. The Labute approximate surface area is 128 Å². The summed E-state index contributed by atoms with van der Waals surface area (Å²) in [6.07, 6.45) is 2.15. The third-order valence-electron chi connectivity index (χ3n) is 3.46. The molecule has 1 saturated carbocycles. The molecule has 0 aromatic heterocycles. The van der Waals surface area contributed by atoms with Gasteiger partial charge in [0.2, 0.25) is 11.8 Å². The van der Waals surface area contributed by atoms with Gasteiger partial charge in [-0.15, -0.1) is 6.58 Å². The van der Waals surface area contributed by atoms with Crippen LogP contribution in [0.3, 0.4) is 0 Å². The van der Waals surface area contributed by atoms with Crippen LogP contribution in [-0.2, 0) is 14.3 Å². The zero-order chi connectivity index (χ0) is 16.1. The number of esters is 1. The van der Waals surface area contributed by atoms with Crippen molar-refractivity contribution >= 4 is 23.5 Å². The molecule has 6 nitrogen and oxygen atoms in total. The van der Waals surface area contributed by atoms with Crippen LogP contribution >= 0.6 is 0 Å². The van der Waals surface area contributed by atoms with Crippen LogP contribution in [-0.4, -0.2) is 31.4 Å². The molecule has 116 valence electrons. The van der Waals surface area contributed by atoms with Gasteiger partial charge in [-0.25, -0.2) is 4.79 Å². The maximum atomic E-state index is 12.0. The number of amides is 2. The predicted molar refractivity (Wildman–Crippen MR) is 81.2 cm³/mol. The second-order valence-electron chi connectivity index (χ2n) is 5.04. The van der Waals surface area contributed by atoms with E-state index in [0.29, 0.717) is 24.2 Å². The van der Waals surface area contributed by atoms with E-state index in [-0.39, 0.29) is 23.7 Å². The van der Waals surface area contributed by atoms with Gasteiger partial charge in [0, 0.05) is 12.2 Å². The van der Waals surface area contributed by atoms with Crippen LogP contribution in [0.1, 0.15) is 16.8 Å². The third kappa shape index (κ3) is 3.72. The van der Waals surface area contributed by atoms with Crippen molar-refractivity contribution < 1.29 is 19.1 Å². The van der Waals surface area contributed by atoms with Crippen molar-refractivity contribution in [3.8, 4) is 0 Å². The van der Waals surface area contributed by atoms with Crippen LogP contribution in [0.15, 0.2) is 36.9 Å². The summed E-state index contributed by atoms with van der Waals surface area (Å²) in [5.41, 5.74) is 0.989. The van der Waals surface area contributed by atoms with Crippen molar-refractivity contribution in [1.29, 1.82) is 0 Å². The first-order chi connectivity index (χ1) is 10.6. The van der Waals surface area contributed by atoms with Gasteiger partial charge in [0.1, 0.15) is 0 Å². The zero-order valence-electron chi connectivity index (χ0n) is 12.3. The third-order valence-corrected chi connectivity index (χ3v) is 3.46. The van der Waals surface area contributed by atoms with Crippen LogP contribution in [0.5, 0.6) is 0 Å². The van der Waals surface area contributed by atoms with Gasteiger partial charge in [-0.05, 0) is 30.7 Å². The molecule has 0 spiro atoms. The van der Waals surface area contributed by atoms with E-state index in [1.807, 2.05) is 0 Å². The number of hydrogen-bond donors (Lipinski definition) is 2. The van der Waals surface area contributed by atoms with Crippen LogP contribution in [0.25, 0.3) is 0 Å². The topological polar surface area (TPSA) is 84.5 Å². The molecular formula is C16H18N2O4. The molecule has 22 heavy (non-hydrogen) atoms. The number of ether oxygens (including phenoxy) is 1. The van der Waals surface area contributed by atoms with Crippen LogP contribution in [0.2, 0.25) is 0 Å². The zero-order valence-corrected chi connectivity index (χ0v) is 12.3. The molecule has 2 amide bonds. The maximum absolute atomic E-state index is 12.0. The number of carbonyl (C=O) groups is 3. The summed E-state index contributed by atoms with van der Waals surface area (Å²) < 4.78 is 4.60. The highest BCUT2D eigenvalue weighted by molar-refractivity contribution is 5.99. The molecule has 2 atom stereocenters. The molecule has 1 aromatic carbocycles. The summed E-state index contributed by atoms with van der Waals surface area (Å²) >= 11 is 0. The molecule has 0 saturated heterocycles. The van der Waals surface area contributed by atoms with Crippen molar-refractivity contribution in [3.05, 3.63) is 42.5 Å². The van der Waals surface area contributed by atoms with Gasteiger partial charge in [0.25, 0.3) is 0 Å². The van der Waals surface area contributed by atoms with Crippen LogP contribution < -0.4 is 10.6 Å². The van der Waals surface area contributed by atoms with Gasteiger partial charge in [0.15, 0.2) is 0 Å². The van der Waals surface area contributed by atoms with Gasteiger partial charge in [-0.2, -0.15) is 0 Å². The number of hydrogen-bond acceptors (Lipinski definition) is 4. The van der Waals surface area contributed by atoms with E-state index >= 15 is 0 Å². The van der Waals surface area contributed by atoms with E-state index in [0.717, 1.165) is 0 Å². The lowest BCUT2D eigenvalue weighted by atomic mass is 10.2. The average Bonchev–Trinajstić information content (AvgIpc) is 3.33. The van der Waals surface area contributed by atoms with E-state index < -0.39 is 5.97 Å². The highest BCUT2D eigenvalue weighted by Gasteiger charge is 2.47. The van der Waals surface area contributed by atoms with Crippen molar-refractivity contribution in [2.45, 2.75) is 6.42 Å². The van der Waals surface area contributed by atoms with Gasteiger partial charge >= 0.3 is 5.97 Å². The van der Waals surface area contributed by atoms with Crippen LogP contribution in [0.4, 0.5) is 5.69 Å². The molecule has 1 fully saturated rings. The van der Waals surface area contributed by atoms with E-state index in [1.165, 1.54) is 7.11 Å². The number of anilines is 1. The Morgan fingerprint density at radius 1 is 1.23 bits per heavy atom. The second-order valence-corrected chi connectivity index (χ2v) is 5.04. The van der Waals surface area contributed by atoms with Gasteiger partial charge in [-0.3, -0.25) is 9.59 Å². The van der Waals surface area contributed by atoms with Crippen molar-refractivity contribution in [1.82, 2.24) is 5.32 Å². The van der Waals surface area contributed by atoms with E-state index in [2.05, 4.69) is 21.9 Å². The Hall–Kier alpha value is -2.63. The molecule has 1 aliphatic rings. The predicted octanol–water partition coefficient (Wildman–Crippen LogP) is 1.35. The van der Waals surface area contributed by atoms with Crippen molar-refractivity contribution in [2.75, 3.05) is 19.0 Å². The minimum absolute atomic E-state index is 0.124. The minimum atomic E-state index is -0.431. The molecule has 0 bridgehead atoms. The lowest BCUT2D eigenvalue weighted by Crippen LogP contribution is -2.27. The summed E-state index contributed by atoms with van der Waals surface area (Å²) in [5.74, 6) is -1.32. The monoisotopic (exact) mass is 302 g/mol. The van der Waals surface area contributed by atoms with E-state index in [9.17, 15) is 14.4 Å². The number of nitrogens with one attached hydrogen (secondary N) is 2. The fourth-order valence-electron chi connectivity index (χ4n) is 2.12. The highest BCUT2D eigenvalue weighted by Crippen LogP contribution is 2.39. The van der Waals surface area contributed by atoms with Gasteiger partial charge in [0.05, 0.1) is 24.5 Å². The smallest absolute Gasteiger partial charge is 0.337 e. The maximum Gasteiger partial charge on any atom is 0.337 e. The standard InChI is InChI=1S/C16H18N2O4/c1-3-8-17-14(19)12-9-13(12)15(20)18-11-6-4-10(5-7-11)16(21)22-2/h3-7,12-13H,1,8-9H2,2H3,(H,17,19)(H,18,20). The number of benzene rings is 1. The molecule has 2 N–H and O–H groups in total. The molecule has 2 rings (SSSR count). The molecule has 1 aromatic rings. The molecular weight excluding hydrogens is 284 g/mol. The van der Waals surface area contributed by atoms with E-state index in [4.69, 9.17) is 0 Å². The fourth-order valence-corrected chi connectivity index (χ4v) is 2.12. The Morgan fingerprint density at radius 3 is 2.45 bits per heavy atom. The Balaban J connectivity index is 1.87. The Morgan fingerprint density at radius 2 is 1.86 bits per heavy atom. The largest absolute Gasteiger partial charge is 0.465 e. The summed E-state index contributed by atoms with van der Waals surface area (Å²) in [6, 6.07) is 6.39. The van der Waals surface area contributed by atoms with Crippen molar-refractivity contribution in [2.24, 2.45) is 11.8 Å². The minimum Gasteiger partial charge on any atom is -0.465 e. The molecule has 0 radical (unpaired) electrons. The molecule has 0 aliphatic heterocycles. The first-order valence-corrected chi connectivity index (χ1v) is 6.94. The number of carbonyl (C=O) groups excluding carboxylic acids is 3. The van der Waals surface area contributed by atoms with Gasteiger partial charge in [-0.1, -0.05) is 6.08 Å². The molecule has 0 heterocycles. The lowest BCUT2D eigenvalue weighted by Gasteiger charge is -2.06. The summed E-state index contributed by atoms with van der Waals surface area (Å²) in [7, 11) is 1.31. The number of methoxy groups -OCH3 is 1. The Bertz CT molecular complexity index is 595. The summed E-state index contributed by atoms with van der Waals surface area (Å²) in [6.45, 7) is 3.92. The Kier molecular flexibility index (Phi) is 4.93. The molecule has 1 aliphatic carbocycles. The highest BCUT2D eigenvalue weighted by atomic mass is 16.5. The lowest BCUT2D eigenvalue weighted by molar-refractivity contribution is -0.125. The SMILES string of the molecule is C=CCNC(=O)C1CC1C(=O)Nc1ccc(C(=O)OC)cc1. The van der Waals surface area contributed by atoms with E-state index in [1.54, 1.807) is 30.3 Å². The molecule has 6 heteroatoms. The van der Waals surface area contributed by atoms with Gasteiger partial charge < -0.3 is 15.4 Å².